The van der Waals surface area contributed by atoms with Crippen LogP contribution in [0.15, 0.2) is 23.0 Å². The van der Waals surface area contributed by atoms with Crippen LogP contribution in [-0.4, -0.2) is 48.1 Å². The highest BCUT2D eigenvalue weighted by Gasteiger charge is 2.20. The van der Waals surface area contributed by atoms with E-state index in [1.54, 1.807) is 6.92 Å². The maximum atomic E-state index is 12.5. The molecule has 0 amide bonds. The number of likely N-dealkylation sites (N-methyl/N-ethyl adjacent to an activating group) is 1. The average molecular weight is 416 g/mol. The summed E-state index contributed by atoms with van der Waals surface area (Å²) in [6.45, 7) is 7.48. The third-order valence-electron chi connectivity index (χ3n) is 4.58. The lowest BCUT2D eigenvalue weighted by atomic mass is 10.1. The minimum Gasteiger partial charge on any atom is -0.492 e. The second-order valence-corrected chi connectivity index (χ2v) is 8.15. The molecule has 0 spiro atoms. The van der Waals surface area contributed by atoms with E-state index in [9.17, 15) is 9.59 Å². The number of benzene rings is 1. The zero-order valence-electron chi connectivity index (χ0n) is 17.3. The SMILES string of the molecule is COC(=O)c1sc2nc(CN(C)CCOc3cc(C)cc(C)c3)[nH]c(=O)c2c1C. The number of carbonyl (C=O) groups excluding carboxylic acids is 1. The molecule has 1 N–H and O–H groups in total. The second kappa shape index (κ2) is 8.75. The minimum absolute atomic E-state index is 0.242. The number of methoxy groups -OCH3 is 1. The van der Waals surface area contributed by atoms with E-state index >= 15 is 0 Å². The number of rotatable bonds is 7. The van der Waals surface area contributed by atoms with E-state index in [1.807, 2.05) is 37.9 Å². The topological polar surface area (TPSA) is 84.5 Å². The summed E-state index contributed by atoms with van der Waals surface area (Å²) in [5.74, 6) is 0.953. The van der Waals surface area contributed by atoms with Gasteiger partial charge in [-0.15, -0.1) is 11.3 Å². The van der Waals surface area contributed by atoms with Gasteiger partial charge in [-0.2, -0.15) is 0 Å². The molecule has 3 aromatic rings. The van der Waals surface area contributed by atoms with Crippen molar-refractivity contribution < 1.29 is 14.3 Å². The maximum absolute atomic E-state index is 12.5. The molecular weight excluding hydrogens is 390 g/mol. The molecule has 154 valence electrons. The lowest BCUT2D eigenvalue weighted by Crippen LogP contribution is -2.26. The molecule has 0 unspecified atom stereocenters. The fourth-order valence-electron chi connectivity index (χ4n) is 3.22. The number of carbonyl (C=O) groups is 1. The van der Waals surface area contributed by atoms with Gasteiger partial charge in [0.2, 0.25) is 0 Å². The molecule has 0 fully saturated rings. The molecule has 0 saturated carbocycles. The largest absolute Gasteiger partial charge is 0.492 e. The van der Waals surface area contributed by atoms with Gasteiger partial charge in [-0.25, -0.2) is 9.78 Å². The Morgan fingerprint density at radius 1 is 1.21 bits per heavy atom. The molecular formula is C21H25N3O4S. The number of aromatic nitrogens is 2. The van der Waals surface area contributed by atoms with Gasteiger partial charge in [0.15, 0.2) is 0 Å². The average Bonchev–Trinajstić information content (AvgIpc) is 2.97. The quantitative estimate of drug-likeness (QED) is 0.597. The third kappa shape index (κ3) is 4.83. The highest BCUT2D eigenvalue weighted by molar-refractivity contribution is 7.20. The first-order valence-corrected chi connectivity index (χ1v) is 10.1. The lowest BCUT2D eigenvalue weighted by molar-refractivity contribution is 0.0605. The Kier molecular flexibility index (Phi) is 6.34. The number of nitrogens with zero attached hydrogens (tertiary/aromatic N) is 2. The zero-order valence-corrected chi connectivity index (χ0v) is 18.1. The van der Waals surface area contributed by atoms with Crippen LogP contribution in [0, 0.1) is 20.8 Å². The zero-order chi connectivity index (χ0) is 21.1. The first-order chi connectivity index (χ1) is 13.8. The molecule has 2 heterocycles. The van der Waals surface area contributed by atoms with E-state index in [1.165, 1.54) is 29.6 Å². The number of nitrogens with one attached hydrogen (secondary N) is 1. The van der Waals surface area contributed by atoms with Crippen molar-refractivity contribution in [2.45, 2.75) is 27.3 Å². The van der Waals surface area contributed by atoms with Crippen molar-refractivity contribution in [3.05, 3.63) is 55.9 Å². The molecule has 0 aliphatic carbocycles. The highest BCUT2D eigenvalue weighted by atomic mass is 32.1. The Morgan fingerprint density at radius 2 is 1.90 bits per heavy atom. The summed E-state index contributed by atoms with van der Waals surface area (Å²) in [7, 11) is 3.26. The summed E-state index contributed by atoms with van der Waals surface area (Å²) in [5, 5.41) is 0.444. The van der Waals surface area contributed by atoms with Gasteiger partial charge in [-0.05, 0) is 56.6 Å². The smallest absolute Gasteiger partial charge is 0.348 e. The van der Waals surface area contributed by atoms with Crippen molar-refractivity contribution >= 4 is 27.5 Å². The predicted octanol–water partition coefficient (Wildman–Crippen LogP) is 3.21. The monoisotopic (exact) mass is 415 g/mol. The van der Waals surface area contributed by atoms with Crippen LogP contribution in [0.1, 0.15) is 32.2 Å². The molecule has 2 aromatic heterocycles. The van der Waals surface area contributed by atoms with Crippen molar-refractivity contribution in [3.63, 3.8) is 0 Å². The highest BCUT2D eigenvalue weighted by Crippen LogP contribution is 2.27. The van der Waals surface area contributed by atoms with E-state index in [4.69, 9.17) is 9.47 Å². The standard InChI is InChI=1S/C21H25N3O4S/c1-12-8-13(2)10-15(9-12)28-7-6-24(4)11-16-22-19(25)17-14(3)18(21(26)27-5)29-20(17)23-16/h8-10H,6-7,11H2,1-5H3,(H,22,23,25). The van der Waals surface area contributed by atoms with Crippen LogP contribution in [0.5, 0.6) is 5.75 Å². The van der Waals surface area contributed by atoms with Gasteiger partial charge in [0.1, 0.15) is 27.9 Å². The Balaban J connectivity index is 1.67. The van der Waals surface area contributed by atoms with Crippen LogP contribution < -0.4 is 10.3 Å². The van der Waals surface area contributed by atoms with Gasteiger partial charge in [0, 0.05) is 6.54 Å². The molecule has 0 atom stereocenters. The Hall–Kier alpha value is -2.71. The normalized spacial score (nSPS) is 11.2. The minimum atomic E-state index is -0.452. The number of ether oxygens (including phenoxy) is 2. The number of hydrogen-bond acceptors (Lipinski definition) is 7. The van der Waals surface area contributed by atoms with E-state index in [0.29, 0.717) is 46.2 Å². The van der Waals surface area contributed by atoms with Crippen molar-refractivity contribution in [1.29, 1.82) is 0 Å². The number of fused-ring (bicyclic) bond motifs is 1. The van der Waals surface area contributed by atoms with Crippen molar-refractivity contribution in [1.82, 2.24) is 14.9 Å². The number of aryl methyl sites for hydroxylation is 3. The van der Waals surface area contributed by atoms with E-state index in [-0.39, 0.29) is 5.56 Å². The van der Waals surface area contributed by atoms with Crippen molar-refractivity contribution in [2.24, 2.45) is 0 Å². The maximum Gasteiger partial charge on any atom is 0.348 e. The lowest BCUT2D eigenvalue weighted by Gasteiger charge is -2.16. The molecule has 8 heteroatoms. The van der Waals surface area contributed by atoms with Crippen LogP contribution in [-0.2, 0) is 11.3 Å². The van der Waals surface area contributed by atoms with Gasteiger partial charge < -0.3 is 14.5 Å². The van der Waals surface area contributed by atoms with Crippen molar-refractivity contribution in [3.8, 4) is 5.75 Å². The van der Waals surface area contributed by atoms with Crippen LogP contribution >= 0.6 is 11.3 Å². The molecule has 3 rings (SSSR count). The molecule has 0 radical (unpaired) electrons. The molecule has 0 bridgehead atoms. The van der Waals surface area contributed by atoms with Crippen LogP contribution in [0.3, 0.4) is 0 Å². The first-order valence-electron chi connectivity index (χ1n) is 9.28. The summed E-state index contributed by atoms with van der Waals surface area (Å²) < 4.78 is 10.6. The van der Waals surface area contributed by atoms with Crippen LogP contribution in [0.4, 0.5) is 0 Å². The molecule has 29 heavy (non-hydrogen) atoms. The summed E-state index contributed by atoms with van der Waals surface area (Å²) in [6.07, 6.45) is 0. The number of esters is 1. The molecule has 1 aromatic carbocycles. The van der Waals surface area contributed by atoms with Gasteiger partial charge in [0.05, 0.1) is 19.0 Å². The number of H-pyrrole nitrogens is 1. The van der Waals surface area contributed by atoms with Gasteiger partial charge >= 0.3 is 5.97 Å². The second-order valence-electron chi connectivity index (χ2n) is 7.15. The Morgan fingerprint density at radius 3 is 2.55 bits per heavy atom. The number of thiophene rings is 1. The fraction of sp³-hybridized carbons (Fsp3) is 0.381. The Labute approximate surface area is 173 Å². The fourth-order valence-corrected chi connectivity index (χ4v) is 4.34. The van der Waals surface area contributed by atoms with Crippen molar-refractivity contribution in [2.75, 3.05) is 27.3 Å². The van der Waals surface area contributed by atoms with E-state index < -0.39 is 5.97 Å². The van der Waals surface area contributed by atoms with Crippen LogP contribution in [0.25, 0.3) is 10.2 Å². The van der Waals surface area contributed by atoms with Crippen LogP contribution in [0.2, 0.25) is 0 Å². The molecule has 7 nitrogen and oxygen atoms in total. The van der Waals surface area contributed by atoms with Gasteiger partial charge in [-0.3, -0.25) is 9.69 Å². The summed E-state index contributed by atoms with van der Waals surface area (Å²) in [6, 6.07) is 6.13. The summed E-state index contributed by atoms with van der Waals surface area (Å²) >= 11 is 1.18. The van der Waals surface area contributed by atoms with Gasteiger partial charge in [-0.1, -0.05) is 6.07 Å². The van der Waals surface area contributed by atoms with Gasteiger partial charge in [0.25, 0.3) is 5.56 Å². The first kappa shape index (κ1) is 21.0. The number of hydrogen-bond donors (Lipinski definition) is 1. The van der Waals surface area contributed by atoms with E-state index in [2.05, 4.69) is 16.0 Å². The Bertz CT molecular complexity index is 1080. The molecule has 0 aliphatic rings. The summed E-state index contributed by atoms with van der Waals surface area (Å²) in [5.41, 5.74) is 2.70. The predicted molar refractivity (Wildman–Crippen MR) is 114 cm³/mol. The summed E-state index contributed by atoms with van der Waals surface area (Å²) in [4.78, 5) is 34.7. The number of aromatic amines is 1. The van der Waals surface area contributed by atoms with E-state index in [0.717, 1.165) is 5.75 Å². The third-order valence-corrected chi connectivity index (χ3v) is 5.74. The molecule has 0 aliphatic heterocycles. The molecule has 0 saturated heterocycles.